The summed E-state index contributed by atoms with van der Waals surface area (Å²) in [5.74, 6) is -3.35. The standard InChI is InChI=1S/C23H16Cl2F3N5O2/c24-14-6-15(8-30-7-14)33-20(34)18(13-1-2-17(26)16(25)5-13)19(32(4-3-29)21(33)35)31-11-22(12-31)9-23(27,28)10-22/h1-2,5-8H,4,9-12H2. The van der Waals surface area contributed by atoms with Crippen molar-refractivity contribution in [3.8, 4) is 22.9 Å². The summed E-state index contributed by atoms with van der Waals surface area (Å²) in [5.41, 5.74) is -1.98. The fourth-order valence-electron chi connectivity index (χ4n) is 5.02. The number of anilines is 1. The highest BCUT2D eigenvalue weighted by atomic mass is 35.5. The van der Waals surface area contributed by atoms with E-state index in [1.165, 1.54) is 30.6 Å². The molecule has 1 aliphatic heterocycles. The first-order chi connectivity index (χ1) is 16.5. The number of nitrogens with zero attached hydrogens (tertiary/aromatic N) is 5. The molecule has 5 rings (SSSR count). The van der Waals surface area contributed by atoms with Crippen molar-refractivity contribution in [1.82, 2.24) is 14.1 Å². The first-order valence-corrected chi connectivity index (χ1v) is 11.3. The summed E-state index contributed by atoms with van der Waals surface area (Å²) in [4.78, 5) is 32.8. The van der Waals surface area contributed by atoms with Gasteiger partial charge >= 0.3 is 5.69 Å². The van der Waals surface area contributed by atoms with Crippen molar-refractivity contribution in [3.63, 3.8) is 0 Å². The molecule has 0 atom stereocenters. The van der Waals surface area contributed by atoms with Crippen molar-refractivity contribution in [3.05, 3.63) is 73.4 Å². The Balaban J connectivity index is 1.77. The molecule has 1 spiro atoms. The lowest BCUT2D eigenvalue weighted by molar-refractivity contribution is -0.170. The van der Waals surface area contributed by atoms with Crippen LogP contribution in [-0.4, -0.2) is 33.1 Å². The van der Waals surface area contributed by atoms with Gasteiger partial charge < -0.3 is 4.90 Å². The second-order valence-corrected chi connectivity index (χ2v) is 9.77. The molecule has 3 heterocycles. The molecule has 0 amide bonds. The summed E-state index contributed by atoms with van der Waals surface area (Å²) in [6.07, 6.45) is 2.01. The maximum atomic E-state index is 13.9. The summed E-state index contributed by atoms with van der Waals surface area (Å²) in [6, 6.07) is 6.93. The van der Waals surface area contributed by atoms with E-state index < -0.39 is 34.9 Å². The first-order valence-electron chi connectivity index (χ1n) is 10.5. The lowest BCUT2D eigenvalue weighted by atomic mass is 9.61. The van der Waals surface area contributed by atoms with Crippen LogP contribution in [0.15, 0.2) is 46.2 Å². The van der Waals surface area contributed by atoms with Gasteiger partial charge in [0.15, 0.2) is 0 Å². The minimum atomic E-state index is -2.74. The monoisotopic (exact) mass is 521 g/mol. The fourth-order valence-corrected chi connectivity index (χ4v) is 5.37. The van der Waals surface area contributed by atoms with Crippen molar-refractivity contribution in [2.45, 2.75) is 25.3 Å². The largest absolute Gasteiger partial charge is 0.356 e. The number of hydrogen-bond acceptors (Lipinski definition) is 5. The molecule has 2 aliphatic rings. The third kappa shape index (κ3) is 3.89. The molecule has 2 aromatic heterocycles. The Hall–Kier alpha value is -3.29. The van der Waals surface area contributed by atoms with Gasteiger partial charge in [-0.25, -0.2) is 22.5 Å². The van der Waals surface area contributed by atoms with Crippen molar-refractivity contribution in [2.75, 3.05) is 18.0 Å². The average Bonchev–Trinajstić information content (AvgIpc) is 2.74. The number of halogens is 5. The number of hydrogen-bond donors (Lipinski definition) is 0. The fraction of sp³-hybridized carbons (Fsp3) is 0.304. The highest BCUT2D eigenvalue weighted by molar-refractivity contribution is 6.31. The molecule has 0 radical (unpaired) electrons. The molecule has 2 fully saturated rings. The maximum Gasteiger partial charge on any atom is 0.338 e. The van der Waals surface area contributed by atoms with E-state index in [0.717, 1.165) is 15.2 Å². The van der Waals surface area contributed by atoms with Crippen LogP contribution in [0.3, 0.4) is 0 Å². The van der Waals surface area contributed by atoms with Gasteiger partial charge in [-0.2, -0.15) is 5.26 Å². The highest BCUT2D eigenvalue weighted by Gasteiger charge is 2.62. The zero-order chi connectivity index (χ0) is 25.1. The van der Waals surface area contributed by atoms with Crippen molar-refractivity contribution in [2.24, 2.45) is 5.41 Å². The molecule has 1 saturated carbocycles. The van der Waals surface area contributed by atoms with Gasteiger partial charge in [0, 0.05) is 37.5 Å². The summed E-state index contributed by atoms with van der Waals surface area (Å²) in [5, 5.41) is 9.39. The lowest BCUT2D eigenvalue weighted by Gasteiger charge is -2.59. The van der Waals surface area contributed by atoms with Crippen LogP contribution in [0.4, 0.5) is 19.0 Å². The van der Waals surface area contributed by atoms with Crippen LogP contribution >= 0.6 is 23.2 Å². The van der Waals surface area contributed by atoms with E-state index in [4.69, 9.17) is 23.2 Å². The molecule has 180 valence electrons. The van der Waals surface area contributed by atoms with Crippen LogP contribution in [0.2, 0.25) is 10.0 Å². The molecule has 7 nitrogen and oxygen atoms in total. The minimum absolute atomic E-state index is 0.0253. The number of rotatable bonds is 4. The van der Waals surface area contributed by atoms with Crippen LogP contribution in [0.5, 0.6) is 0 Å². The molecular weight excluding hydrogens is 506 g/mol. The molecule has 1 aromatic carbocycles. The van der Waals surface area contributed by atoms with Gasteiger partial charge in [-0.15, -0.1) is 0 Å². The van der Waals surface area contributed by atoms with E-state index in [1.54, 1.807) is 4.90 Å². The third-order valence-electron chi connectivity index (χ3n) is 6.32. The number of alkyl halides is 2. The van der Waals surface area contributed by atoms with Crippen LogP contribution in [0.1, 0.15) is 12.8 Å². The second-order valence-electron chi connectivity index (χ2n) is 8.92. The van der Waals surface area contributed by atoms with Gasteiger partial charge in [0.25, 0.3) is 5.56 Å². The summed E-state index contributed by atoms with van der Waals surface area (Å²) in [7, 11) is 0. The van der Waals surface area contributed by atoms with Gasteiger partial charge in [0.05, 0.1) is 33.6 Å². The van der Waals surface area contributed by atoms with Crippen molar-refractivity contribution >= 4 is 29.0 Å². The van der Waals surface area contributed by atoms with Gasteiger partial charge in [-0.3, -0.25) is 14.3 Å². The zero-order valence-electron chi connectivity index (χ0n) is 17.9. The number of pyridine rings is 1. The highest BCUT2D eigenvalue weighted by Crippen LogP contribution is 2.57. The molecule has 0 N–H and O–H groups in total. The lowest BCUT2D eigenvalue weighted by Crippen LogP contribution is -2.67. The van der Waals surface area contributed by atoms with Crippen LogP contribution < -0.4 is 16.1 Å². The van der Waals surface area contributed by atoms with E-state index in [9.17, 15) is 28.0 Å². The number of nitriles is 1. The Morgan fingerprint density at radius 1 is 1.11 bits per heavy atom. The quantitative estimate of drug-likeness (QED) is 0.512. The van der Waals surface area contributed by atoms with E-state index in [0.29, 0.717) is 0 Å². The van der Waals surface area contributed by atoms with Crippen molar-refractivity contribution < 1.29 is 13.2 Å². The smallest absolute Gasteiger partial charge is 0.338 e. The molecule has 12 heteroatoms. The molecule has 3 aromatic rings. The second kappa shape index (κ2) is 8.14. The Bertz CT molecular complexity index is 1510. The number of aromatic nitrogens is 3. The van der Waals surface area contributed by atoms with Crippen LogP contribution in [-0.2, 0) is 6.54 Å². The van der Waals surface area contributed by atoms with Gasteiger partial charge in [0.2, 0.25) is 5.92 Å². The van der Waals surface area contributed by atoms with Gasteiger partial charge in [-0.05, 0) is 23.8 Å². The Morgan fingerprint density at radius 2 is 1.83 bits per heavy atom. The SMILES string of the molecule is N#CCn1c(N2CC3(C2)CC(F)(F)C3)c(-c2ccc(F)c(Cl)c2)c(=O)n(-c2cncc(Cl)c2)c1=O. The molecule has 1 saturated heterocycles. The van der Waals surface area contributed by atoms with Crippen LogP contribution in [0.25, 0.3) is 16.8 Å². The zero-order valence-corrected chi connectivity index (χ0v) is 19.5. The molecule has 1 aliphatic carbocycles. The van der Waals surface area contributed by atoms with Crippen LogP contribution in [0, 0.1) is 22.6 Å². The Morgan fingerprint density at radius 3 is 2.43 bits per heavy atom. The Kier molecular flexibility index (Phi) is 5.45. The van der Waals surface area contributed by atoms with E-state index >= 15 is 0 Å². The molecule has 0 unspecified atom stereocenters. The normalized spacial score (nSPS) is 17.5. The maximum absolute atomic E-state index is 13.9. The predicted molar refractivity (Wildman–Crippen MR) is 124 cm³/mol. The summed E-state index contributed by atoms with van der Waals surface area (Å²) in [6.45, 7) is -0.0703. The third-order valence-corrected chi connectivity index (χ3v) is 6.82. The average molecular weight is 522 g/mol. The predicted octanol–water partition coefficient (Wildman–Crippen LogP) is 4.27. The van der Waals surface area contributed by atoms with E-state index in [2.05, 4.69) is 4.98 Å². The molecule has 35 heavy (non-hydrogen) atoms. The molecular formula is C23H16Cl2F3N5O2. The minimum Gasteiger partial charge on any atom is -0.356 e. The van der Waals surface area contributed by atoms with Gasteiger partial charge in [-0.1, -0.05) is 29.3 Å². The summed E-state index contributed by atoms with van der Waals surface area (Å²) >= 11 is 12.0. The van der Waals surface area contributed by atoms with Gasteiger partial charge in [0.1, 0.15) is 18.2 Å². The number of benzene rings is 1. The summed E-state index contributed by atoms with van der Waals surface area (Å²) < 4.78 is 43.0. The van der Waals surface area contributed by atoms with E-state index in [-0.39, 0.29) is 58.6 Å². The van der Waals surface area contributed by atoms with Crippen molar-refractivity contribution in [1.29, 1.82) is 5.26 Å². The topological polar surface area (TPSA) is 83.9 Å². The first kappa shape index (κ1) is 23.5. The Labute approximate surface area is 206 Å². The van der Waals surface area contributed by atoms with E-state index in [1.807, 2.05) is 6.07 Å². The molecule has 0 bridgehead atoms.